The van der Waals surface area contributed by atoms with Crippen molar-refractivity contribution < 1.29 is 9.47 Å². The van der Waals surface area contributed by atoms with Crippen LogP contribution in [0.1, 0.15) is 39.0 Å². The molecule has 0 aromatic rings. The van der Waals surface area contributed by atoms with E-state index >= 15 is 0 Å². The molecule has 3 fully saturated rings. The molecule has 0 aromatic heterocycles. The van der Waals surface area contributed by atoms with Crippen molar-refractivity contribution in [1.29, 1.82) is 0 Å². The van der Waals surface area contributed by atoms with E-state index in [9.17, 15) is 0 Å². The number of guanidine groups is 1. The summed E-state index contributed by atoms with van der Waals surface area (Å²) >= 11 is 0. The van der Waals surface area contributed by atoms with E-state index in [2.05, 4.69) is 22.1 Å². The number of nitrogens with zero attached hydrogens (tertiary/aromatic N) is 2. The van der Waals surface area contributed by atoms with Crippen LogP contribution >= 0.6 is 24.0 Å². The predicted molar refractivity (Wildman–Crippen MR) is 107 cm³/mol. The van der Waals surface area contributed by atoms with Gasteiger partial charge in [-0.25, -0.2) is 0 Å². The van der Waals surface area contributed by atoms with Gasteiger partial charge in [0.25, 0.3) is 0 Å². The van der Waals surface area contributed by atoms with Crippen LogP contribution in [0.5, 0.6) is 0 Å². The van der Waals surface area contributed by atoms with Crippen molar-refractivity contribution >= 4 is 29.9 Å². The lowest BCUT2D eigenvalue weighted by Gasteiger charge is -2.61. The zero-order valence-corrected chi connectivity index (χ0v) is 17.2. The summed E-state index contributed by atoms with van der Waals surface area (Å²) in [6.07, 6.45) is 6.39. The maximum Gasteiger partial charge on any atom is 0.188 e. The number of hydrogen-bond acceptors (Lipinski definition) is 4. The fourth-order valence-corrected chi connectivity index (χ4v) is 4.18. The highest BCUT2D eigenvalue weighted by Crippen LogP contribution is 2.57. The highest BCUT2D eigenvalue weighted by atomic mass is 127. The van der Waals surface area contributed by atoms with Gasteiger partial charge in [0, 0.05) is 44.2 Å². The zero-order valence-electron chi connectivity index (χ0n) is 14.8. The van der Waals surface area contributed by atoms with Gasteiger partial charge in [-0.2, -0.15) is 0 Å². The molecular weight excluding hydrogens is 419 g/mol. The van der Waals surface area contributed by atoms with E-state index < -0.39 is 0 Å². The van der Waals surface area contributed by atoms with Crippen LogP contribution in [0.25, 0.3) is 0 Å². The zero-order chi connectivity index (χ0) is 16.1. The summed E-state index contributed by atoms with van der Waals surface area (Å²) in [7, 11) is 0. The molecule has 0 bridgehead atoms. The second kappa shape index (κ2) is 9.54. The Bertz CT molecular complexity index is 411. The fourth-order valence-electron chi connectivity index (χ4n) is 4.18. The molecule has 3 N–H and O–H groups in total. The molecule has 2 atom stereocenters. The average Bonchev–Trinajstić information content (AvgIpc) is 2.50. The molecule has 1 saturated heterocycles. The summed E-state index contributed by atoms with van der Waals surface area (Å²) in [5, 5.41) is 3.45. The molecule has 6 nitrogen and oxygen atoms in total. The first kappa shape index (κ1) is 20.2. The van der Waals surface area contributed by atoms with E-state index in [0.717, 1.165) is 58.8 Å². The number of nitrogens with one attached hydrogen (secondary N) is 1. The highest BCUT2D eigenvalue weighted by Gasteiger charge is 2.59. The molecule has 2 saturated carbocycles. The van der Waals surface area contributed by atoms with Crippen LogP contribution in [0, 0.1) is 5.41 Å². The van der Waals surface area contributed by atoms with Crippen molar-refractivity contribution in [2.45, 2.75) is 51.2 Å². The van der Waals surface area contributed by atoms with E-state index in [1.165, 1.54) is 19.3 Å². The van der Waals surface area contributed by atoms with Crippen LogP contribution in [-0.2, 0) is 9.47 Å². The lowest BCUT2D eigenvalue weighted by Crippen LogP contribution is -2.68. The number of nitrogens with two attached hydrogens (primary N) is 1. The molecule has 3 rings (SSSR count). The third kappa shape index (κ3) is 4.53. The van der Waals surface area contributed by atoms with Crippen molar-refractivity contribution in [3.63, 3.8) is 0 Å². The molecule has 7 heteroatoms. The van der Waals surface area contributed by atoms with E-state index in [1.807, 2.05) is 0 Å². The summed E-state index contributed by atoms with van der Waals surface area (Å²) in [6, 6.07) is 0.454. The maximum atomic E-state index is 6.09. The Morgan fingerprint density at radius 1 is 1.38 bits per heavy atom. The Morgan fingerprint density at radius 2 is 2.12 bits per heavy atom. The number of halogens is 1. The normalized spacial score (nSPS) is 29.5. The van der Waals surface area contributed by atoms with Crippen molar-refractivity contribution in [2.75, 3.05) is 46.0 Å². The first-order valence-electron chi connectivity index (χ1n) is 9.23. The van der Waals surface area contributed by atoms with Gasteiger partial charge in [0.15, 0.2) is 5.96 Å². The smallest absolute Gasteiger partial charge is 0.188 e. The third-order valence-electron chi connectivity index (χ3n) is 5.78. The van der Waals surface area contributed by atoms with Crippen LogP contribution in [-0.4, -0.2) is 69.0 Å². The highest BCUT2D eigenvalue weighted by molar-refractivity contribution is 14.0. The minimum Gasteiger partial charge on any atom is -0.379 e. The number of morpholine rings is 1. The lowest BCUT2D eigenvalue weighted by atomic mass is 9.51. The molecule has 24 heavy (non-hydrogen) atoms. The quantitative estimate of drug-likeness (QED) is 0.266. The molecule has 3 aliphatic rings. The molecule has 2 unspecified atom stereocenters. The standard InChI is InChI=1S/C17H32N4O2.HI/c1-2-23-15-13-14(17(15)5-3-6-17)20-16(18)19-7-4-8-21-9-11-22-12-10-21;/h14-15H,2-13H2,1H3,(H3,18,19,20);1H. The van der Waals surface area contributed by atoms with Crippen molar-refractivity contribution in [3.05, 3.63) is 0 Å². The van der Waals surface area contributed by atoms with Crippen LogP contribution < -0.4 is 11.1 Å². The van der Waals surface area contributed by atoms with Gasteiger partial charge >= 0.3 is 0 Å². The Labute approximate surface area is 162 Å². The monoisotopic (exact) mass is 452 g/mol. The van der Waals surface area contributed by atoms with Crippen LogP contribution in [0.15, 0.2) is 4.99 Å². The van der Waals surface area contributed by atoms with Gasteiger partial charge in [0.2, 0.25) is 0 Å². The minimum atomic E-state index is 0. The molecular formula is C17H33IN4O2. The van der Waals surface area contributed by atoms with Crippen molar-refractivity contribution in [1.82, 2.24) is 10.2 Å². The molecule has 2 aliphatic carbocycles. The number of aliphatic imine (C=N–C) groups is 1. The molecule has 140 valence electrons. The SMILES string of the molecule is CCOC1CC(NC(N)=NCCCN2CCOCC2)C12CCC2.I. The Kier molecular flexibility index (Phi) is 8.03. The summed E-state index contributed by atoms with van der Waals surface area (Å²) in [4.78, 5) is 6.95. The molecule has 0 aromatic carbocycles. The van der Waals surface area contributed by atoms with Gasteiger partial charge in [-0.1, -0.05) is 6.42 Å². The second-order valence-electron chi connectivity index (χ2n) is 7.04. The van der Waals surface area contributed by atoms with E-state index in [1.54, 1.807) is 0 Å². The van der Waals surface area contributed by atoms with Gasteiger partial charge < -0.3 is 20.5 Å². The van der Waals surface area contributed by atoms with Gasteiger partial charge in [-0.05, 0) is 32.6 Å². The molecule has 0 radical (unpaired) electrons. The summed E-state index contributed by atoms with van der Waals surface area (Å²) in [5.41, 5.74) is 6.42. The Morgan fingerprint density at radius 3 is 2.75 bits per heavy atom. The first-order chi connectivity index (χ1) is 11.2. The van der Waals surface area contributed by atoms with E-state index in [0.29, 0.717) is 23.5 Å². The predicted octanol–water partition coefficient (Wildman–Crippen LogP) is 1.58. The Balaban J connectivity index is 0.00000208. The first-order valence-corrected chi connectivity index (χ1v) is 9.23. The van der Waals surface area contributed by atoms with Gasteiger partial charge in [0.05, 0.1) is 19.3 Å². The van der Waals surface area contributed by atoms with Gasteiger partial charge in [0.1, 0.15) is 0 Å². The van der Waals surface area contributed by atoms with Crippen LogP contribution in [0.4, 0.5) is 0 Å². The second-order valence-corrected chi connectivity index (χ2v) is 7.04. The van der Waals surface area contributed by atoms with E-state index in [4.69, 9.17) is 15.2 Å². The summed E-state index contributed by atoms with van der Waals surface area (Å²) in [6.45, 7) is 8.57. The third-order valence-corrected chi connectivity index (χ3v) is 5.78. The average molecular weight is 452 g/mol. The van der Waals surface area contributed by atoms with Crippen molar-refractivity contribution in [3.8, 4) is 0 Å². The molecule has 1 aliphatic heterocycles. The molecule has 0 amide bonds. The van der Waals surface area contributed by atoms with Crippen molar-refractivity contribution in [2.24, 2.45) is 16.1 Å². The van der Waals surface area contributed by atoms with Crippen LogP contribution in [0.2, 0.25) is 0 Å². The number of ether oxygens (including phenoxy) is 2. The number of hydrogen-bond donors (Lipinski definition) is 2. The topological polar surface area (TPSA) is 72.1 Å². The van der Waals surface area contributed by atoms with Gasteiger partial charge in [-0.3, -0.25) is 9.89 Å². The summed E-state index contributed by atoms with van der Waals surface area (Å²) < 4.78 is 11.2. The number of rotatable bonds is 7. The largest absolute Gasteiger partial charge is 0.379 e. The molecule has 1 heterocycles. The Hall–Kier alpha value is -0.120. The van der Waals surface area contributed by atoms with Crippen LogP contribution in [0.3, 0.4) is 0 Å². The molecule has 1 spiro atoms. The van der Waals surface area contributed by atoms with E-state index in [-0.39, 0.29) is 24.0 Å². The fraction of sp³-hybridized carbons (Fsp3) is 0.941. The lowest BCUT2D eigenvalue weighted by molar-refractivity contribution is -0.168. The summed E-state index contributed by atoms with van der Waals surface area (Å²) in [5.74, 6) is 0.609. The maximum absolute atomic E-state index is 6.09. The minimum absolute atomic E-state index is 0. The van der Waals surface area contributed by atoms with Gasteiger partial charge in [-0.15, -0.1) is 24.0 Å².